The van der Waals surface area contributed by atoms with Crippen molar-refractivity contribution in [3.8, 4) is 45.6 Å². The highest BCUT2D eigenvalue weighted by Gasteiger charge is 2.28. The van der Waals surface area contributed by atoms with E-state index in [0.29, 0.717) is 55.8 Å². The summed E-state index contributed by atoms with van der Waals surface area (Å²) in [5, 5.41) is 56.9. The number of aryl methyl sites for hydroxylation is 2. The van der Waals surface area contributed by atoms with Gasteiger partial charge in [-0.15, -0.1) is 0 Å². The van der Waals surface area contributed by atoms with Crippen LogP contribution in [-0.2, 0) is 0 Å². The summed E-state index contributed by atoms with van der Waals surface area (Å²) in [5.74, 6) is -1.40. The number of phenols is 5. The number of aldehydes is 1. The summed E-state index contributed by atoms with van der Waals surface area (Å²) < 4.78 is 5.66. The SMILES string of the molecule is CCOc1c(O)c(C(C)C)c2cc(C)c(-c3c(C)cc4c(C(C)C)c(O)c(O)cc4c3O)c(O)c2c1C=O. The van der Waals surface area contributed by atoms with Crippen molar-refractivity contribution in [1.82, 2.24) is 0 Å². The Balaban J connectivity index is 2.22. The van der Waals surface area contributed by atoms with Crippen molar-refractivity contribution < 1.29 is 35.1 Å². The number of phenolic OH excluding ortho intramolecular Hbond substituents is 5. The van der Waals surface area contributed by atoms with Crippen LogP contribution < -0.4 is 4.74 Å². The zero-order valence-corrected chi connectivity index (χ0v) is 22.7. The molecule has 0 atom stereocenters. The monoisotopic (exact) mass is 518 g/mol. The molecular formula is C31H34O7. The van der Waals surface area contributed by atoms with Crippen molar-refractivity contribution in [2.45, 2.75) is 60.3 Å². The van der Waals surface area contributed by atoms with E-state index in [-0.39, 0.29) is 63.9 Å². The topological polar surface area (TPSA) is 127 Å². The number of rotatable bonds is 6. The molecule has 5 N–H and O–H groups in total. The van der Waals surface area contributed by atoms with Gasteiger partial charge in [0.05, 0.1) is 12.2 Å². The molecule has 0 unspecified atom stereocenters. The van der Waals surface area contributed by atoms with Crippen molar-refractivity contribution in [2.24, 2.45) is 0 Å². The number of benzene rings is 4. The van der Waals surface area contributed by atoms with E-state index in [1.54, 1.807) is 26.8 Å². The molecule has 0 saturated carbocycles. The number of ether oxygens (including phenoxy) is 1. The smallest absolute Gasteiger partial charge is 0.172 e. The third-order valence-electron chi connectivity index (χ3n) is 7.19. The molecule has 0 heterocycles. The first-order chi connectivity index (χ1) is 17.9. The Bertz CT molecular complexity index is 1610. The number of carbonyl (C=O) groups excluding carboxylic acids is 1. The molecule has 0 spiro atoms. The fraction of sp³-hybridized carbons (Fsp3) is 0.323. The predicted octanol–water partition coefficient (Wildman–Crippen LogP) is 7.26. The second-order valence-corrected chi connectivity index (χ2v) is 10.4. The van der Waals surface area contributed by atoms with E-state index in [9.17, 15) is 30.3 Å². The molecule has 4 aromatic carbocycles. The minimum absolute atomic E-state index is 0.00484. The van der Waals surface area contributed by atoms with Gasteiger partial charge < -0.3 is 30.3 Å². The zero-order chi connectivity index (χ0) is 28.2. The van der Waals surface area contributed by atoms with Crippen LogP contribution in [-0.4, -0.2) is 38.4 Å². The summed E-state index contributed by atoms with van der Waals surface area (Å²) >= 11 is 0. The fourth-order valence-electron chi connectivity index (χ4n) is 5.63. The number of hydrogen-bond donors (Lipinski definition) is 5. The lowest BCUT2D eigenvalue weighted by Crippen LogP contribution is -2.03. The van der Waals surface area contributed by atoms with Crippen LogP contribution >= 0.6 is 0 Å². The molecule has 0 aliphatic carbocycles. The van der Waals surface area contributed by atoms with Gasteiger partial charge in [-0.05, 0) is 60.6 Å². The van der Waals surface area contributed by atoms with Gasteiger partial charge in [0.15, 0.2) is 29.3 Å². The molecule has 0 fully saturated rings. The van der Waals surface area contributed by atoms with Gasteiger partial charge in [-0.2, -0.15) is 0 Å². The lowest BCUT2D eigenvalue weighted by Gasteiger charge is -2.23. The van der Waals surface area contributed by atoms with Crippen molar-refractivity contribution in [3.63, 3.8) is 0 Å². The van der Waals surface area contributed by atoms with Crippen LogP contribution in [0.5, 0.6) is 34.5 Å². The average Bonchev–Trinajstić information content (AvgIpc) is 2.83. The summed E-state index contributed by atoms with van der Waals surface area (Å²) in [6.07, 6.45) is 0.554. The molecule has 0 saturated heterocycles. The van der Waals surface area contributed by atoms with Gasteiger partial charge >= 0.3 is 0 Å². The van der Waals surface area contributed by atoms with Crippen LogP contribution in [0.4, 0.5) is 0 Å². The van der Waals surface area contributed by atoms with Gasteiger partial charge in [0, 0.05) is 33.0 Å². The molecule has 0 aliphatic heterocycles. The van der Waals surface area contributed by atoms with E-state index in [2.05, 4.69) is 0 Å². The molecule has 0 bridgehead atoms. The molecule has 4 aromatic rings. The van der Waals surface area contributed by atoms with Gasteiger partial charge in [0.1, 0.15) is 11.5 Å². The maximum Gasteiger partial charge on any atom is 0.172 e. The largest absolute Gasteiger partial charge is 0.507 e. The van der Waals surface area contributed by atoms with Gasteiger partial charge in [-0.3, -0.25) is 4.79 Å². The van der Waals surface area contributed by atoms with Crippen LogP contribution in [0.3, 0.4) is 0 Å². The summed E-state index contributed by atoms with van der Waals surface area (Å²) in [4.78, 5) is 12.3. The normalized spacial score (nSPS) is 11.7. The number of fused-ring (bicyclic) bond motifs is 2. The van der Waals surface area contributed by atoms with Crippen molar-refractivity contribution in [2.75, 3.05) is 6.61 Å². The van der Waals surface area contributed by atoms with E-state index in [1.165, 1.54) is 6.07 Å². The third kappa shape index (κ3) is 3.85. The second-order valence-electron chi connectivity index (χ2n) is 10.4. The van der Waals surface area contributed by atoms with E-state index < -0.39 is 0 Å². The van der Waals surface area contributed by atoms with E-state index in [0.717, 1.165) is 0 Å². The summed E-state index contributed by atoms with van der Waals surface area (Å²) in [6.45, 7) is 13.1. The second kappa shape index (κ2) is 9.63. The highest BCUT2D eigenvalue weighted by Crippen LogP contribution is 2.53. The minimum atomic E-state index is -0.354. The number of hydrogen-bond acceptors (Lipinski definition) is 7. The minimum Gasteiger partial charge on any atom is -0.507 e. The van der Waals surface area contributed by atoms with E-state index in [4.69, 9.17) is 4.74 Å². The van der Waals surface area contributed by atoms with Gasteiger partial charge in [0.25, 0.3) is 0 Å². The summed E-state index contributed by atoms with van der Waals surface area (Å²) in [5.41, 5.74) is 2.96. The molecule has 0 amide bonds. The Hall–Kier alpha value is -4.13. The molecule has 4 rings (SSSR count). The number of aromatic hydroxyl groups is 5. The van der Waals surface area contributed by atoms with Crippen molar-refractivity contribution in [3.05, 3.63) is 46.0 Å². The fourth-order valence-corrected chi connectivity index (χ4v) is 5.63. The van der Waals surface area contributed by atoms with Gasteiger partial charge in [-0.1, -0.05) is 39.8 Å². The predicted molar refractivity (Wildman–Crippen MR) is 149 cm³/mol. The Kier molecular flexibility index (Phi) is 6.82. The van der Waals surface area contributed by atoms with Crippen LogP contribution in [0.25, 0.3) is 32.7 Å². The molecule has 200 valence electrons. The molecular weight excluding hydrogens is 484 g/mol. The Morgan fingerprint density at radius 1 is 0.737 bits per heavy atom. The first-order valence-corrected chi connectivity index (χ1v) is 12.7. The van der Waals surface area contributed by atoms with E-state index in [1.807, 2.05) is 33.8 Å². The van der Waals surface area contributed by atoms with Crippen LogP contribution in [0.1, 0.15) is 79.1 Å². The highest BCUT2D eigenvalue weighted by atomic mass is 16.5. The Labute approximate surface area is 221 Å². The van der Waals surface area contributed by atoms with Crippen LogP contribution in [0.15, 0.2) is 18.2 Å². The molecule has 38 heavy (non-hydrogen) atoms. The first-order valence-electron chi connectivity index (χ1n) is 12.7. The lowest BCUT2D eigenvalue weighted by molar-refractivity contribution is 0.112. The Morgan fingerprint density at radius 2 is 1.26 bits per heavy atom. The lowest BCUT2D eigenvalue weighted by atomic mass is 9.84. The zero-order valence-electron chi connectivity index (χ0n) is 22.7. The van der Waals surface area contributed by atoms with Crippen molar-refractivity contribution >= 4 is 27.8 Å². The maximum atomic E-state index is 12.3. The molecule has 7 heteroatoms. The Morgan fingerprint density at radius 3 is 1.79 bits per heavy atom. The summed E-state index contributed by atoms with van der Waals surface area (Å²) in [7, 11) is 0. The first kappa shape index (κ1) is 26.9. The van der Waals surface area contributed by atoms with Gasteiger partial charge in [0.2, 0.25) is 0 Å². The van der Waals surface area contributed by atoms with Gasteiger partial charge in [-0.25, -0.2) is 0 Å². The molecule has 0 aromatic heterocycles. The molecule has 7 nitrogen and oxygen atoms in total. The van der Waals surface area contributed by atoms with Crippen LogP contribution in [0, 0.1) is 13.8 Å². The quantitative estimate of drug-likeness (QED) is 0.134. The molecule has 0 aliphatic rings. The van der Waals surface area contributed by atoms with E-state index >= 15 is 0 Å². The average molecular weight is 519 g/mol. The van der Waals surface area contributed by atoms with Crippen LogP contribution in [0.2, 0.25) is 0 Å². The van der Waals surface area contributed by atoms with Crippen molar-refractivity contribution in [1.29, 1.82) is 0 Å². The standard InChI is InChI=1S/C31H34O7/c1-8-38-31-20(12-32)26-19(23(14(4)5)30(31)37)10-16(7)25(29(26)36)24-15(6)9-17-18(27(24)34)11-21(33)28(35)22(17)13(2)3/h9-14,33-37H,8H2,1-7H3. The molecule has 0 radical (unpaired) electrons. The highest BCUT2D eigenvalue weighted by molar-refractivity contribution is 6.12. The number of carbonyl (C=O) groups is 1. The maximum absolute atomic E-state index is 12.3. The summed E-state index contributed by atoms with van der Waals surface area (Å²) in [6, 6.07) is 4.91. The third-order valence-corrected chi connectivity index (χ3v) is 7.19.